The maximum Gasteiger partial charge on any atom is 0.407 e. The fourth-order valence-electron chi connectivity index (χ4n) is 5.96. The highest BCUT2D eigenvalue weighted by molar-refractivity contribution is 7.89. The second kappa shape index (κ2) is 18.3. The SMILES string of the molecule is CCOP(=O)(COCC(C)(C)CN(C[C@@H](O)[C@H](Cc1ccccc1)NC(=O)O[C@H]1CO[C@H]2OCC[C@H]21)S(=O)(=O)c1ccc(OC)cc1)OCC. The van der Waals surface area contributed by atoms with E-state index in [0.29, 0.717) is 18.8 Å². The summed E-state index contributed by atoms with van der Waals surface area (Å²) >= 11 is 0. The number of methoxy groups -OCH3 is 1. The molecular weight excluding hydrogens is 691 g/mol. The van der Waals surface area contributed by atoms with Crippen LogP contribution in [0.25, 0.3) is 0 Å². The third kappa shape index (κ3) is 11.2. The molecule has 50 heavy (non-hydrogen) atoms. The van der Waals surface area contributed by atoms with Gasteiger partial charge in [-0.3, -0.25) is 4.57 Å². The average Bonchev–Trinajstić information content (AvgIpc) is 3.70. The van der Waals surface area contributed by atoms with E-state index >= 15 is 0 Å². The largest absolute Gasteiger partial charge is 0.497 e. The van der Waals surface area contributed by atoms with Crippen molar-refractivity contribution in [2.24, 2.45) is 11.3 Å². The maximum atomic E-state index is 14.2. The summed E-state index contributed by atoms with van der Waals surface area (Å²) in [5, 5.41) is 14.5. The molecule has 2 heterocycles. The van der Waals surface area contributed by atoms with Gasteiger partial charge in [0.15, 0.2) is 6.29 Å². The van der Waals surface area contributed by atoms with Gasteiger partial charge in [-0.25, -0.2) is 13.2 Å². The van der Waals surface area contributed by atoms with Crippen molar-refractivity contribution in [3.63, 3.8) is 0 Å². The minimum absolute atomic E-state index is 0.00474. The molecule has 0 saturated carbocycles. The molecule has 2 aromatic rings. The normalized spacial score (nSPS) is 20.7. The highest BCUT2D eigenvalue weighted by Crippen LogP contribution is 2.48. The summed E-state index contributed by atoms with van der Waals surface area (Å²) in [5.74, 6) is 0.398. The van der Waals surface area contributed by atoms with Gasteiger partial charge in [-0.2, -0.15) is 4.31 Å². The molecule has 0 radical (unpaired) electrons. The van der Waals surface area contributed by atoms with Gasteiger partial charge in [0.1, 0.15) is 18.2 Å². The molecule has 0 spiro atoms. The van der Waals surface area contributed by atoms with E-state index in [9.17, 15) is 22.9 Å². The molecule has 0 bridgehead atoms. The number of aliphatic hydroxyl groups excluding tert-OH is 1. The van der Waals surface area contributed by atoms with E-state index in [1.165, 1.54) is 35.7 Å². The van der Waals surface area contributed by atoms with Crippen molar-refractivity contribution in [3.8, 4) is 5.75 Å². The lowest BCUT2D eigenvalue weighted by atomic mass is 9.94. The molecule has 5 atom stereocenters. The van der Waals surface area contributed by atoms with Crippen LogP contribution in [0.3, 0.4) is 0 Å². The Morgan fingerprint density at radius 3 is 2.40 bits per heavy atom. The van der Waals surface area contributed by atoms with Gasteiger partial charge in [0, 0.05) is 18.5 Å². The average molecular weight is 743 g/mol. The van der Waals surface area contributed by atoms with Crippen molar-refractivity contribution in [2.45, 2.75) is 70.0 Å². The highest BCUT2D eigenvalue weighted by atomic mass is 32.2. The molecule has 2 aromatic carbocycles. The molecule has 2 fully saturated rings. The van der Waals surface area contributed by atoms with Gasteiger partial charge in [-0.15, -0.1) is 0 Å². The molecule has 2 N–H and O–H groups in total. The summed E-state index contributed by atoms with van der Waals surface area (Å²) in [4.78, 5) is 13.2. The Morgan fingerprint density at radius 2 is 1.76 bits per heavy atom. The smallest absolute Gasteiger partial charge is 0.407 e. The number of hydrogen-bond acceptors (Lipinski definition) is 12. The van der Waals surface area contributed by atoms with Crippen LogP contribution < -0.4 is 10.1 Å². The first kappa shape index (κ1) is 40.2. The third-order valence-electron chi connectivity index (χ3n) is 8.40. The number of fused-ring (bicyclic) bond motifs is 1. The second-order valence-electron chi connectivity index (χ2n) is 13.0. The van der Waals surface area contributed by atoms with Crippen molar-refractivity contribution in [2.75, 3.05) is 59.6 Å². The number of alkyl carbamates (subject to hydrolysis) is 1. The number of hydrogen-bond donors (Lipinski definition) is 2. The predicted octanol–water partition coefficient (Wildman–Crippen LogP) is 4.41. The number of amides is 1. The fraction of sp³-hybridized carbons (Fsp3) is 0.618. The summed E-state index contributed by atoms with van der Waals surface area (Å²) in [6, 6.07) is 14.2. The van der Waals surface area contributed by atoms with E-state index in [1.807, 2.05) is 30.3 Å². The molecule has 0 aliphatic carbocycles. The van der Waals surface area contributed by atoms with Crippen molar-refractivity contribution >= 4 is 23.7 Å². The zero-order valence-corrected chi connectivity index (χ0v) is 31.1. The Hall–Kier alpha value is -2.59. The Bertz CT molecular complexity index is 1500. The zero-order valence-electron chi connectivity index (χ0n) is 29.4. The first-order valence-electron chi connectivity index (χ1n) is 16.8. The van der Waals surface area contributed by atoms with Crippen LogP contribution in [0, 0.1) is 11.3 Å². The van der Waals surface area contributed by atoms with E-state index in [4.69, 9.17) is 32.7 Å². The van der Waals surface area contributed by atoms with Crippen LogP contribution in [0.2, 0.25) is 0 Å². The lowest BCUT2D eigenvalue weighted by Crippen LogP contribution is -2.52. The van der Waals surface area contributed by atoms with E-state index in [2.05, 4.69) is 5.32 Å². The molecule has 14 nitrogen and oxygen atoms in total. The van der Waals surface area contributed by atoms with Crippen LogP contribution in [0.15, 0.2) is 59.5 Å². The molecule has 1 amide bonds. The van der Waals surface area contributed by atoms with Crippen LogP contribution in [0.1, 0.15) is 39.7 Å². The standard InChI is InChI=1S/C34H51N2O12PS/c1-6-46-49(39,47-7-2)24-43-23-34(3,4)22-36(50(40,41)27-15-13-26(42-5)14-16-27)20-30(37)29(19-25-11-9-8-10-12-25)35-33(38)48-31-21-45-32-28(31)17-18-44-32/h8-16,28-32,37H,6-7,17-24H2,1-5H3,(H,35,38)/t28-,29-,30+,31-,32+/m0/s1. The number of nitrogens with one attached hydrogen (secondary N) is 1. The van der Waals surface area contributed by atoms with Crippen molar-refractivity contribution in [1.82, 2.24) is 9.62 Å². The number of carbonyl (C=O) groups excluding carboxylic acids is 1. The molecule has 0 unspecified atom stereocenters. The highest BCUT2D eigenvalue weighted by Gasteiger charge is 2.44. The topological polar surface area (TPSA) is 168 Å². The van der Waals surface area contributed by atoms with Gasteiger partial charge in [0.2, 0.25) is 10.0 Å². The monoisotopic (exact) mass is 742 g/mol. The van der Waals surface area contributed by atoms with Gasteiger partial charge in [0.05, 0.1) is 63.1 Å². The van der Waals surface area contributed by atoms with E-state index in [1.54, 1.807) is 27.7 Å². The molecule has 2 saturated heterocycles. The summed E-state index contributed by atoms with van der Waals surface area (Å²) < 4.78 is 81.0. The Morgan fingerprint density at radius 1 is 1.08 bits per heavy atom. The molecule has 0 aromatic heterocycles. The predicted molar refractivity (Wildman–Crippen MR) is 184 cm³/mol. The van der Waals surface area contributed by atoms with Gasteiger partial charge in [-0.1, -0.05) is 44.2 Å². The number of carbonyl (C=O) groups is 1. The number of nitrogens with zero attached hydrogens (tertiary/aromatic N) is 1. The summed E-state index contributed by atoms with van der Waals surface area (Å²) in [6.45, 7) is 7.57. The zero-order chi connectivity index (χ0) is 36.4. The van der Waals surface area contributed by atoms with Gasteiger partial charge in [0.25, 0.3) is 0 Å². The molecule has 2 aliphatic rings. The van der Waals surface area contributed by atoms with Gasteiger partial charge in [-0.05, 0) is 56.5 Å². The molecular formula is C34H51N2O12PS. The number of rotatable bonds is 20. The quantitative estimate of drug-likeness (QED) is 0.184. The first-order chi connectivity index (χ1) is 23.8. The number of aliphatic hydroxyl groups is 1. The van der Waals surface area contributed by atoms with Crippen LogP contribution in [-0.4, -0.2) is 108 Å². The number of benzene rings is 2. The fourth-order valence-corrected chi connectivity index (χ4v) is 8.94. The van der Waals surface area contributed by atoms with Gasteiger partial charge >= 0.3 is 13.7 Å². The Balaban J connectivity index is 1.55. The van der Waals surface area contributed by atoms with E-state index in [-0.39, 0.29) is 63.1 Å². The van der Waals surface area contributed by atoms with E-state index < -0.39 is 53.7 Å². The Labute approximate surface area is 295 Å². The van der Waals surface area contributed by atoms with Crippen LogP contribution in [0.4, 0.5) is 4.79 Å². The number of ether oxygens (including phenoxy) is 5. The van der Waals surface area contributed by atoms with Crippen LogP contribution in [-0.2, 0) is 49.0 Å². The van der Waals surface area contributed by atoms with Crippen LogP contribution >= 0.6 is 7.60 Å². The van der Waals surface area contributed by atoms with Crippen molar-refractivity contribution in [1.29, 1.82) is 0 Å². The first-order valence-corrected chi connectivity index (χ1v) is 20.0. The lowest BCUT2D eigenvalue weighted by Gasteiger charge is -2.35. The third-order valence-corrected chi connectivity index (χ3v) is 12.0. The maximum absolute atomic E-state index is 14.2. The summed E-state index contributed by atoms with van der Waals surface area (Å²) in [7, 11) is -6.22. The van der Waals surface area contributed by atoms with Crippen LogP contribution in [0.5, 0.6) is 5.75 Å². The number of sulfonamides is 1. The summed E-state index contributed by atoms with van der Waals surface area (Å²) in [6.07, 6.45) is -2.45. The minimum Gasteiger partial charge on any atom is -0.497 e. The lowest BCUT2D eigenvalue weighted by molar-refractivity contribution is -0.0907. The minimum atomic E-state index is -4.20. The molecule has 2 aliphatic heterocycles. The molecule has 4 rings (SSSR count). The Kier molecular flexibility index (Phi) is 14.7. The van der Waals surface area contributed by atoms with Gasteiger partial charge < -0.3 is 43.2 Å². The summed E-state index contributed by atoms with van der Waals surface area (Å²) in [5.41, 5.74) is -0.0248. The van der Waals surface area contributed by atoms with E-state index in [0.717, 1.165) is 5.56 Å². The second-order valence-corrected chi connectivity index (χ2v) is 17.0. The molecule has 280 valence electrons. The van der Waals surface area contributed by atoms with Crippen molar-refractivity contribution in [3.05, 3.63) is 60.2 Å². The molecule has 16 heteroatoms. The van der Waals surface area contributed by atoms with Crippen molar-refractivity contribution < 1.29 is 55.6 Å².